The number of benzene rings is 2. The van der Waals surface area contributed by atoms with Gasteiger partial charge in [0.1, 0.15) is 5.75 Å². The van der Waals surface area contributed by atoms with Gasteiger partial charge in [0, 0.05) is 0 Å². The van der Waals surface area contributed by atoms with Gasteiger partial charge in [0.2, 0.25) is 0 Å². The van der Waals surface area contributed by atoms with E-state index in [-0.39, 0.29) is 5.91 Å². The molecule has 2 aromatic rings. The fourth-order valence-corrected chi connectivity index (χ4v) is 3.98. The van der Waals surface area contributed by atoms with E-state index < -0.39 is 0 Å². The van der Waals surface area contributed by atoms with Crippen molar-refractivity contribution in [2.24, 2.45) is 0 Å². The van der Waals surface area contributed by atoms with Crippen molar-refractivity contribution in [1.82, 2.24) is 0 Å². The first kappa shape index (κ1) is 18.7. The van der Waals surface area contributed by atoms with Gasteiger partial charge in [-0.2, -0.15) is 0 Å². The van der Waals surface area contributed by atoms with Crippen molar-refractivity contribution >= 4 is 46.0 Å². The average molecular weight is 384 g/mol. The molecule has 0 bridgehead atoms. The van der Waals surface area contributed by atoms with Crippen LogP contribution in [0.5, 0.6) is 5.75 Å². The van der Waals surface area contributed by atoms with Crippen LogP contribution in [-0.4, -0.2) is 16.8 Å². The summed E-state index contributed by atoms with van der Waals surface area (Å²) in [4.78, 5) is 15.0. The van der Waals surface area contributed by atoms with E-state index in [1.807, 2.05) is 49.4 Å². The van der Waals surface area contributed by atoms with Gasteiger partial charge in [-0.25, -0.2) is 0 Å². The standard InChI is InChI=1S/C21H21NO2S2/c1-4-24-18-11-9-17(10-12-18)22-20(23)19(26-21(22)25)13-15-5-7-16(8-6-15)14(2)3/h5-14H,4H2,1-3H3. The molecule has 1 amide bonds. The SMILES string of the molecule is CCOc1ccc(N2C(=O)C(=Cc3ccc(C(C)C)cc3)SC2=S)cc1. The van der Waals surface area contributed by atoms with Gasteiger partial charge in [0.25, 0.3) is 5.91 Å². The summed E-state index contributed by atoms with van der Waals surface area (Å²) < 4.78 is 6.00. The van der Waals surface area contributed by atoms with Crippen LogP contribution in [0.2, 0.25) is 0 Å². The van der Waals surface area contributed by atoms with Gasteiger partial charge in [0.05, 0.1) is 17.2 Å². The minimum atomic E-state index is -0.0860. The van der Waals surface area contributed by atoms with Crippen molar-refractivity contribution in [3.63, 3.8) is 0 Å². The Balaban J connectivity index is 1.81. The molecule has 0 atom stereocenters. The molecule has 5 heteroatoms. The molecule has 1 saturated heterocycles. The number of amides is 1. The zero-order valence-electron chi connectivity index (χ0n) is 15.1. The van der Waals surface area contributed by atoms with Crippen LogP contribution < -0.4 is 9.64 Å². The van der Waals surface area contributed by atoms with Gasteiger partial charge < -0.3 is 4.74 Å². The molecule has 1 heterocycles. The number of anilines is 1. The van der Waals surface area contributed by atoms with Crippen LogP contribution in [0.4, 0.5) is 5.69 Å². The van der Waals surface area contributed by atoms with E-state index in [2.05, 4.69) is 26.0 Å². The van der Waals surface area contributed by atoms with Crippen LogP contribution in [0, 0.1) is 0 Å². The summed E-state index contributed by atoms with van der Waals surface area (Å²) in [5.74, 6) is 1.18. The summed E-state index contributed by atoms with van der Waals surface area (Å²) in [6.45, 7) is 6.88. The van der Waals surface area contributed by atoms with Crippen molar-refractivity contribution in [2.75, 3.05) is 11.5 Å². The second kappa shape index (κ2) is 8.06. The second-order valence-corrected chi connectivity index (χ2v) is 7.94. The number of rotatable bonds is 5. The first-order valence-corrected chi connectivity index (χ1v) is 9.83. The Labute approximate surface area is 164 Å². The highest BCUT2D eigenvalue weighted by Crippen LogP contribution is 2.36. The molecule has 0 aliphatic carbocycles. The lowest BCUT2D eigenvalue weighted by Gasteiger charge is -2.15. The molecule has 2 aromatic carbocycles. The predicted octanol–water partition coefficient (Wildman–Crippen LogP) is 5.61. The molecule has 0 radical (unpaired) electrons. The molecular formula is C21H21NO2S2. The molecular weight excluding hydrogens is 362 g/mol. The number of carbonyl (C=O) groups excluding carboxylic acids is 1. The fraction of sp³-hybridized carbons (Fsp3) is 0.238. The maximum absolute atomic E-state index is 12.8. The van der Waals surface area contributed by atoms with Gasteiger partial charge in [0.15, 0.2) is 4.32 Å². The summed E-state index contributed by atoms with van der Waals surface area (Å²) in [6, 6.07) is 15.7. The lowest BCUT2D eigenvalue weighted by atomic mass is 10.0. The van der Waals surface area contributed by atoms with Crippen molar-refractivity contribution in [3.8, 4) is 5.75 Å². The van der Waals surface area contributed by atoms with E-state index in [1.165, 1.54) is 17.3 Å². The van der Waals surface area contributed by atoms with E-state index in [0.29, 0.717) is 21.8 Å². The molecule has 0 aromatic heterocycles. The second-order valence-electron chi connectivity index (χ2n) is 6.27. The Kier molecular flexibility index (Phi) is 5.79. The molecule has 1 aliphatic rings. The molecule has 3 rings (SSSR count). The largest absolute Gasteiger partial charge is 0.494 e. The van der Waals surface area contributed by atoms with Crippen molar-refractivity contribution < 1.29 is 9.53 Å². The predicted molar refractivity (Wildman–Crippen MR) is 114 cm³/mol. The van der Waals surface area contributed by atoms with Crippen molar-refractivity contribution in [2.45, 2.75) is 26.7 Å². The third kappa shape index (κ3) is 4.00. The molecule has 3 nitrogen and oxygen atoms in total. The monoisotopic (exact) mass is 383 g/mol. The number of hydrogen-bond donors (Lipinski definition) is 0. The maximum atomic E-state index is 12.8. The quantitative estimate of drug-likeness (QED) is 0.495. The Morgan fingerprint density at radius 3 is 2.35 bits per heavy atom. The Hall–Kier alpha value is -2.11. The van der Waals surface area contributed by atoms with E-state index in [0.717, 1.165) is 17.0 Å². The maximum Gasteiger partial charge on any atom is 0.270 e. The number of ether oxygens (including phenoxy) is 1. The molecule has 134 valence electrons. The van der Waals surface area contributed by atoms with Gasteiger partial charge in [-0.15, -0.1) is 0 Å². The first-order valence-electron chi connectivity index (χ1n) is 8.60. The highest BCUT2D eigenvalue weighted by molar-refractivity contribution is 8.27. The zero-order chi connectivity index (χ0) is 18.7. The Morgan fingerprint density at radius 2 is 1.77 bits per heavy atom. The molecule has 1 aliphatic heterocycles. The summed E-state index contributed by atoms with van der Waals surface area (Å²) in [7, 11) is 0. The number of thioether (sulfide) groups is 1. The number of thiocarbonyl (C=S) groups is 1. The van der Waals surface area contributed by atoms with Gasteiger partial charge in [-0.1, -0.05) is 62.1 Å². The smallest absolute Gasteiger partial charge is 0.270 e. The highest BCUT2D eigenvalue weighted by Gasteiger charge is 2.33. The molecule has 1 fully saturated rings. The number of carbonyl (C=O) groups is 1. The minimum absolute atomic E-state index is 0.0860. The number of hydrogen-bond acceptors (Lipinski definition) is 4. The lowest BCUT2D eigenvalue weighted by Crippen LogP contribution is -2.27. The molecule has 0 unspecified atom stereocenters. The third-order valence-electron chi connectivity index (χ3n) is 4.10. The van der Waals surface area contributed by atoms with E-state index in [4.69, 9.17) is 17.0 Å². The molecule has 0 saturated carbocycles. The number of nitrogens with zero attached hydrogens (tertiary/aromatic N) is 1. The fourth-order valence-electron chi connectivity index (χ4n) is 2.68. The van der Waals surface area contributed by atoms with Crippen LogP contribution in [0.1, 0.15) is 37.8 Å². The zero-order valence-corrected chi connectivity index (χ0v) is 16.7. The summed E-state index contributed by atoms with van der Waals surface area (Å²) in [5, 5.41) is 0. The molecule has 26 heavy (non-hydrogen) atoms. The van der Waals surface area contributed by atoms with Crippen LogP contribution in [0.3, 0.4) is 0 Å². The van der Waals surface area contributed by atoms with Gasteiger partial charge in [-0.3, -0.25) is 9.69 Å². The van der Waals surface area contributed by atoms with Gasteiger partial charge >= 0.3 is 0 Å². The Bertz CT molecular complexity index is 839. The summed E-state index contributed by atoms with van der Waals surface area (Å²) in [6.07, 6.45) is 1.90. The van der Waals surface area contributed by atoms with Crippen LogP contribution >= 0.6 is 24.0 Å². The van der Waals surface area contributed by atoms with Crippen LogP contribution in [0.25, 0.3) is 6.08 Å². The van der Waals surface area contributed by atoms with Gasteiger partial charge in [-0.05, 0) is 54.3 Å². The topological polar surface area (TPSA) is 29.5 Å². The highest BCUT2D eigenvalue weighted by atomic mass is 32.2. The normalized spacial score (nSPS) is 16.0. The van der Waals surface area contributed by atoms with E-state index in [1.54, 1.807) is 4.90 Å². The minimum Gasteiger partial charge on any atom is -0.494 e. The van der Waals surface area contributed by atoms with Crippen molar-refractivity contribution in [3.05, 3.63) is 64.6 Å². The molecule has 0 spiro atoms. The van der Waals surface area contributed by atoms with Crippen LogP contribution in [0.15, 0.2) is 53.4 Å². The van der Waals surface area contributed by atoms with E-state index >= 15 is 0 Å². The molecule has 0 N–H and O–H groups in total. The first-order chi connectivity index (χ1) is 12.5. The summed E-state index contributed by atoms with van der Waals surface area (Å²) in [5.41, 5.74) is 3.04. The Morgan fingerprint density at radius 1 is 1.12 bits per heavy atom. The third-order valence-corrected chi connectivity index (χ3v) is 5.40. The average Bonchev–Trinajstić information content (AvgIpc) is 2.90. The van der Waals surface area contributed by atoms with Crippen molar-refractivity contribution in [1.29, 1.82) is 0 Å². The summed E-state index contributed by atoms with van der Waals surface area (Å²) >= 11 is 6.76. The lowest BCUT2D eigenvalue weighted by molar-refractivity contribution is -0.113. The van der Waals surface area contributed by atoms with E-state index in [9.17, 15) is 4.79 Å². The van der Waals surface area contributed by atoms with Crippen LogP contribution in [-0.2, 0) is 4.79 Å².